The molecule has 6 heteroatoms. The molecule has 0 unspecified atom stereocenters. The van der Waals surface area contributed by atoms with Crippen LogP contribution in [-0.4, -0.2) is 23.6 Å². The highest BCUT2D eigenvalue weighted by Gasteiger charge is 2.21. The second-order valence-electron chi connectivity index (χ2n) is 10.1. The van der Waals surface area contributed by atoms with Gasteiger partial charge in [0.05, 0.1) is 12.6 Å². The van der Waals surface area contributed by atoms with E-state index >= 15 is 0 Å². The molecule has 38 heavy (non-hydrogen) atoms. The van der Waals surface area contributed by atoms with E-state index in [4.69, 9.17) is 9.47 Å². The lowest BCUT2D eigenvalue weighted by atomic mass is 9.93. The van der Waals surface area contributed by atoms with Crippen molar-refractivity contribution in [3.63, 3.8) is 0 Å². The van der Waals surface area contributed by atoms with Gasteiger partial charge in [0, 0.05) is 12.0 Å². The van der Waals surface area contributed by atoms with Crippen LogP contribution in [0.5, 0.6) is 11.5 Å². The first-order chi connectivity index (χ1) is 18.2. The van der Waals surface area contributed by atoms with Gasteiger partial charge in [0.1, 0.15) is 6.61 Å². The van der Waals surface area contributed by atoms with Crippen LogP contribution in [0.1, 0.15) is 77.8 Å². The fraction of sp³-hybridized carbons (Fsp3) is 0.375. The number of nitrogens with one attached hydrogen (secondary N) is 1. The Morgan fingerprint density at radius 3 is 2.18 bits per heavy atom. The largest absolute Gasteiger partial charge is 0.490 e. The number of aliphatic carboxylic acids is 1. The third-order valence-electron chi connectivity index (χ3n) is 6.23. The molecule has 2 N–H and O–H groups in total. The lowest BCUT2D eigenvalue weighted by Crippen LogP contribution is -2.30. The van der Waals surface area contributed by atoms with E-state index in [2.05, 4.69) is 51.2 Å². The molecule has 1 atom stereocenters. The summed E-state index contributed by atoms with van der Waals surface area (Å²) in [5, 5.41) is 12.5. The molecule has 0 aliphatic rings. The van der Waals surface area contributed by atoms with E-state index in [9.17, 15) is 14.7 Å². The number of hydrogen-bond acceptors (Lipinski definition) is 4. The lowest BCUT2D eigenvalue weighted by Gasteiger charge is -2.23. The average Bonchev–Trinajstić information content (AvgIpc) is 2.86. The van der Waals surface area contributed by atoms with Crippen molar-refractivity contribution in [1.29, 1.82) is 0 Å². The van der Waals surface area contributed by atoms with E-state index in [-0.39, 0.29) is 31.4 Å². The van der Waals surface area contributed by atoms with Crippen molar-refractivity contribution in [2.75, 3.05) is 6.61 Å². The number of aryl methyl sites for hydroxylation is 3. The van der Waals surface area contributed by atoms with Crippen LogP contribution in [0.2, 0.25) is 0 Å². The minimum atomic E-state index is -0.899. The molecule has 202 valence electrons. The summed E-state index contributed by atoms with van der Waals surface area (Å²) < 4.78 is 11.7. The summed E-state index contributed by atoms with van der Waals surface area (Å²) >= 11 is 0. The minimum absolute atomic E-state index is 0.0512. The van der Waals surface area contributed by atoms with Crippen LogP contribution in [0.25, 0.3) is 0 Å². The van der Waals surface area contributed by atoms with Gasteiger partial charge < -0.3 is 19.9 Å². The Labute approximate surface area is 226 Å². The average molecular weight is 518 g/mol. The standard InChI is InChI=1S/C32H39NO5/c1-6-37-29-9-7-8-10-30(29)38-20-24-11-12-25(13-14-31(34)35)27(19-24)32(36)33-28(15-21(2)3)26-17-22(4)16-23(5)18-26/h7-12,16-19,21,28H,6,13-15,20H2,1-5H3,(H,33,36)(H,34,35)/t28-/m1/s1. The number of para-hydroxylation sites is 2. The van der Waals surface area contributed by atoms with Crippen LogP contribution in [-0.2, 0) is 17.8 Å². The van der Waals surface area contributed by atoms with Crippen LogP contribution in [0.15, 0.2) is 60.7 Å². The molecule has 3 aromatic rings. The fourth-order valence-electron chi connectivity index (χ4n) is 4.59. The van der Waals surface area contributed by atoms with Crippen molar-refractivity contribution >= 4 is 11.9 Å². The smallest absolute Gasteiger partial charge is 0.303 e. The Kier molecular flexibility index (Phi) is 10.3. The Morgan fingerprint density at radius 1 is 0.921 bits per heavy atom. The zero-order chi connectivity index (χ0) is 27.7. The van der Waals surface area contributed by atoms with Crippen molar-refractivity contribution in [1.82, 2.24) is 5.32 Å². The Balaban J connectivity index is 1.89. The zero-order valence-corrected chi connectivity index (χ0v) is 23.0. The summed E-state index contributed by atoms with van der Waals surface area (Å²) in [4.78, 5) is 25.0. The Hall–Kier alpha value is -3.80. The Morgan fingerprint density at radius 2 is 1.58 bits per heavy atom. The van der Waals surface area contributed by atoms with E-state index in [1.54, 1.807) is 0 Å². The van der Waals surface area contributed by atoms with Crippen molar-refractivity contribution < 1.29 is 24.2 Å². The molecular formula is C32H39NO5. The number of rotatable bonds is 13. The summed E-state index contributed by atoms with van der Waals surface area (Å²) in [6, 6.07) is 19.2. The quantitative estimate of drug-likeness (QED) is 0.260. The zero-order valence-electron chi connectivity index (χ0n) is 23.0. The first-order valence-corrected chi connectivity index (χ1v) is 13.2. The van der Waals surface area contributed by atoms with Gasteiger partial charge in [-0.2, -0.15) is 0 Å². The number of amides is 1. The van der Waals surface area contributed by atoms with Gasteiger partial charge in [0.15, 0.2) is 11.5 Å². The number of carboxylic acid groups (broad SMARTS) is 1. The highest BCUT2D eigenvalue weighted by atomic mass is 16.5. The number of hydrogen-bond donors (Lipinski definition) is 2. The summed E-state index contributed by atoms with van der Waals surface area (Å²) in [7, 11) is 0. The van der Waals surface area contributed by atoms with Gasteiger partial charge >= 0.3 is 5.97 Å². The maximum absolute atomic E-state index is 13.7. The maximum atomic E-state index is 13.7. The fourth-order valence-corrected chi connectivity index (χ4v) is 4.59. The van der Waals surface area contributed by atoms with Crippen LogP contribution in [0.3, 0.4) is 0 Å². The van der Waals surface area contributed by atoms with Gasteiger partial charge in [0.2, 0.25) is 0 Å². The molecule has 0 aromatic heterocycles. The van der Waals surface area contributed by atoms with Gasteiger partial charge in [-0.1, -0.05) is 67.4 Å². The molecule has 0 heterocycles. The maximum Gasteiger partial charge on any atom is 0.303 e. The van der Waals surface area contributed by atoms with Crippen LogP contribution < -0.4 is 14.8 Å². The molecule has 3 aromatic carbocycles. The molecule has 0 aliphatic heterocycles. The minimum Gasteiger partial charge on any atom is -0.490 e. The first kappa shape index (κ1) is 28.8. The molecule has 0 bridgehead atoms. The molecule has 0 saturated heterocycles. The van der Waals surface area contributed by atoms with Crippen LogP contribution in [0, 0.1) is 19.8 Å². The molecule has 0 radical (unpaired) electrons. The molecule has 6 nitrogen and oxygen atoms in total. The van der Waals surface area contributed by atoms with Crippen molar-refractivity contribution in [2.24, 2.45) is 5.92 Å². The number of carboxylic acids is 1. The number of carbonyl (C=O) groups excluding carboxylic acids is 1. The molecule has 1 amide bonds. The number of carbonyl (C=O) groups is 2. The molecule has 3 rings (SSSR count). The van der Waals surface area contributed by atoms with Gasteiger partial charge in [-0.25, -0.2) is 0 Å². The second kappa shape index (κ2) is 13.7. The monoisotopic (exact) mass is 517 g/mol. The summed E-state index contributed by atoms with van der Waals surface area (Å²) in [6.07, 6.45) is 1.01. The normalized spacial score (nSPS) is 11.7. The molecule has 0 spiro atoms. The molecular weight excluding hydrogens is 478 g/mol. The van der Waals surface area contributed by atoms with E-state index < -0.39 is 5.97 Å². The predicted octanol–water partition coefficient (Wildman–Crippen LogP) is 6.82. The van der Waals surface area contributed by atoms with E-state index in [1.165, 1.54) is 0 Å². The van der Waals surface area contributed by atoms with Crippen molar-refractivity contribution in [2.45, 2.75) is 66.5 Å². The number of benzene rings is 3. The lowest BCUT2D eigenvalue weighted by molar-refractivity contribution is -0.136. The highest BCUT2D eigenvalue weighted by molar-refractivity contribution is 5.96. The van der Waals surface area contributed by atoms with E-state index in [0.717, 1.165) is 28.7 Å². The van der Waals surface area contributed by atoms with Gasteiger partial charge in [-0.3, -0.25) is 9.59 Å². The predicted molar refractivity (Wildman–Crippen MR) is 150 cm³/mol. The van der Waals surface area contributed by atoms with Gasteiger partial charge in [0.25, 0.3) is 5.91 Å². The van der Waals surface area contributed by atoms with Gasteiger partial charge in [-0.15, -0.1) is 0 Å². The first-order valence-electron chi connectivity index (χ1n) is 13.2. The van der Waals surface area contributed by atoms with Crippen LogP contribution >= 0.6 is 0 Å². The third kappa shape index (κ3) is 8.37. The van der Waals surface area contributed by atoms with Crippen LogP contribution in [0.4, 0.5) is 0 Å². The summed E-state index contributed by atoms with van der Waals surface area (Å²) in [6.45, 7) is 11.1. The van der Waals surface area contributed by atoms with Crippen molar-refractivity contribution in [3.05, 3.63) is 94.0 Å². The molecule has 0 fully saturated rings. The number of ether oxygens (including phenoxy) is 2. The van der Waals surface area contributed by atoms with E-state index in [0.29, 0.717) is 35.2 Å². The topological polar surface area (TPSA) is 84.9 Å². The Bertz CT molecular complexity index is 1230. The molecule has 0 aliphatic carbocycles. The third-order valence-corrected chi connectivity index (χ3v) is 6.23. The van der Waals surface area contributed by atoms with Gasteiger partial charge in [-0.05, 0) is 74.4 Å². The second-order valence-corrected chi connectivity index (χ2v) is 10.1. The summed E-state index contributed by atoms with van der Waals surface area (Å²) in [5.41, 5.74) is 5.36. The highest BCUT2D eigenvalue weighted by Crippen LogP contribution is 2.28. The van der Waals surface area contributed by atoms with E-state index in [1.807, 2.05) is 49.4 Å². The van der Waals surface area contributed by atoms with Crippen molar-refractivity contribution in [3.8, 4) is 11.5 Å². The summed E-state index contributed by atoms with van der Waals surface area (Å²) in [5.74, 6) is 0.548. The SMILES string of the molecule is CCOc1ccccc1OCc1ccc(CCC(=O)O)c(C(=O)N[C@H](CC(C)C)c2cc(C)cc(C)c2)c1. The molecule has 0 saturated carbocycles.